The fourth-order valence-electron chi connectivity index (χ4n) is 2.52. The summed E-state index contributed by atoms with van der Waals surface area (Å²) in [4.78, 5) is 18.5. The number of hydrogen-bond acceptors (Lipinski definition) is 4. The standard InChI is InChI=1S/C16H20N4O2/c21-16(18-10-13-6-9-22-12-13)19-14-4-5-15(17-11-14)20-7-2-1-3-8-20/h4-6,9,11-12H,1-3,7-8,10H2,(H2,18,19,21). The van der Waals surface area contributed by atoms with E-state index in [1.807, 2.05) is 18.2 Å². The second kappa shape index (κ2) is 6.98. The number of furan rings is 1. The largest absolute Gasteiger partial charge is 0.472 e. The first-order valence-electron chi connectivity index (χ1n) is 7.58. The lowest BCUT2D eigenvalue weighted by atomic mass is 10.1. The Balaban J connectivity index is 1.50. The van der Waals surface area contributed by atoms with Crippen LogP contribution in [0.4, 0.5) is 16.3 Å². The maximum Gasteiger partial charge on any atom is 0.319 e. The van der Waals surface area contributed by atoms with Gasteiger partial charge in [0.1, 0.15) is 5.82 Å². The molecule has 0 saturated carbocycles. The number of hydrogen-bond donors (Lipinski definition) is 2. The van der Waals surface area contributed by atoms with Crippen molar-refractivity contribution in [2.45, 2.75) is 25.8 Å². The molecule has 2 N–H and O–H groups in total. The molecule has 1 saturated heterocycles. The van der Waals surface area contributed by atoms with Gasteiger partial charge in [-0.2, -0.15) is 0 Å². The van der Waals surface area contributed by atoms with Gasteiger partial charge in [0.2, 0.25) is 0 Å². The van der Waals surface area contributed by atoms with Gasteiger partial charge in [0, 0.05) is 25.2 Å². The first-order valence-corrected chi connectivity index (χ1v) is 7.58. The predicted octanol–water partition coefficient (Wildman–Crippen LogP) is 2.99. The van der Waals surface area contributed by atoms with Crippen molar-refractivity contribution in [2.24, 2.45) is 0 Å². The Labute approximate surface area is 129 Å². The Morgan fingerprint density at radius 2 is 2.09 bits per heavy atom. The Hall–Kier alpha value is -2.50. The van der Waals surface area contributed by atoms with Crippen molar-refractivity contribution >= 4 is 17.5 Å². The van der Waals surface area contributed by atoms with Crippen LogP contribution in [0.15, 0.2) is 41.3 Å². The minimum Gasteiger partial charge on any atom is -0.472 e. The minimum atomic E-state index is -0.256. The number of pyridine rings is 1. The average Bonchev–Trinajstić information content (AvgIpc) is 3.08. The van der Waals surface area contributed by atoms with E-state index in [1.165, 1.54) is 19.3 Å². The molecule has 6 heteroatoms. The molecule has 1 aliphatic rings. The van der Waals surface area contributed by atoms with Crippen LogP contribution in [0.3, 0.4) is 0 Å². The summed E-state index contributed by atoms with van der Waals surface area (Å²) in [5.74, 6) is 0.976. The highest BCUT2D eigenvalue weighted by Gasteiger charge is 2.12. The molecule has 6 nitrogen and oxygen atoms in total. The van der Waals surface area contributed by atoms with E-state index in [-0.39, 0.29) is 6.03 Å². The zero-order chi connectivity index (χ0) is 15.2. The van der Waals surface area contributed by atoms with E-state index in [9.17, 15) is 4.79 Å². The van der Waals surface area contributed by atoms with Crippen LogP contribution in [0, 0.1) is 0 Å². The van der Waals surface area contributed by atoms with Crippen LogP contribution in [-0.4, -0.2) is 24.1 Å². The number of nitrogens with zero attached hydrogens (tertiary/aromatic N) is 2. The number of carbonyl (C=O) groups excluding carboxylic acids is 1. The van der Waals surface area contributed by atoms with Crippen LogP contribution >= 0.6 is 0 Å². The Bertz CT molecular complexity index is 589. The number of nitrogens with one attached hydrogen (secondary N) is 2. The van der Waals surface area contributed by atoms with E-state index in [4.69, 9.17) is 4.42 Å². The van der Waals surface area contributed by atoms with Crippen LogP contribution in [-0.2, 0) is 6.54 Å². The third-order valence-electron chi connectivity index (χ3n) is 3.72. The molecule has 0 aliphatic carbocycles. The number of anilines is 2. The van der Waals surface area contributed by atoms with Crippen molar-refractivity contribution in [3.63, 3.8) is 0 Å². The smallest absolute Gasteiger partial charge is 0.319 e. The van der Waals surface area contributed by atoms with Crippen LogP contribution in [0.5, 0.6) is 0 Å². The van der Waals surface area contributed by atoms with E-state index < -0.39 is 0 Å². The highest BCUT2D eigenvalue weighted by molar-refractivity contribution is 5.89. The maximum atomic E-state index is 11.8. The van der Waals surface area contributed by atoms with Gasteiger partial charge < -0.3 is 20.0 Å². The fourth-order valence-corrected chi connectivity index (χ4v) is 2.52. The molecule has 0 atom stereocenters. The third kappa shape index (κ3) is 3.78. The summed E-state index contributed by atoms with van der Waals surface area (Å²) in [7, 11) is 0. The molecule has 0 unspecified atom stereocenters. The molecule has 116 valence electrons. The number of amides is 2. The van der Waals surface area contributed by atoms with Gasteiger partial charge in [0.15, 0.2) is 0 Å². The molecule has 2 aromatic rings. The predicted molar refractivity (Wildman–Crippen MR) is 84.9 cm³/mol. The molecular weight excluding hydrogens is 280 g/mol. The summed E-state index contributed by atoms with van der Waals surface area (Å²) in [6.45, 7) is 2.55. The third-order valence-corrected chi connectivity index (χ3v) is 3.72. The number of aromatic nitrogens is 1. The van der Waals surface area contributed by atoms with Crippen LogP contribution in [0.25, 0.3) is 0 Å². The quantitative estimate of drug-likeness (QED) is 0.910. The highest BCUT2D eigenvalue weighted by Crippen LogP contribution is 2.18. The first-order chi connectivity index (χ1) is 10.8. The fraction of sp³-hybridized carbons (Fsp3) is 0.375. The van der Waals surface area contributed by atoms with E-state index in [2.05, 4.69) is 20.5 Å². The van der Waals surface area contributed by atoms with E-state index in [0.29, 0.717) is 12.2 Å². The summed E-state index contributed by atoms with van der Waals surface area (Å²) in [5, 5.41) is 5.54. The van der Waals surface area contributed by atoms with Gasteiger partial charge in [-0.25, -0.2) is 9.78 Å². The van der Waals surface area contributed by atoms with Gasteiger partial charge in [-0.15, -0.1) is 0 Å². The van der Waals surface area contributed by atoms with Crippen LogP contribution in [0.2, 0.25) is 0 Å². The lowest BCUT2D eigenvalue weighted by molar-refractivity contribution is 0.251. The summed E-state index contributed by atoms with van der Waals surface area (Å²) in [6.07, 6.45) is 8.62. The summed E-state index contributed by atoms with van der Waals surface area (Å²) in [5.41, 5.74) is 1.61. The number of rotatable bonds is 4. The van der Waals surface area contributed by atoms with Crippen molar-refractivity contribution in [2.75, 3.05) is 23.3 Å². The number of urea groups is 1. The molecule has 2 amide bonds. The van der Waals surface area contributed by atoms with E-state index >= 15 is 0 Å². The minimum absolute atomic E-state index is 0.256. The molecule has 0 radical (unpaired) electrons. The Kier molecular flexibility index (Phi) is 4.58. The zero-order valence-corrected chi connectivity index (χ0v) is 12.4. The number of piperidine rings is 1. The van der Waals surface area contributed by atoms with Crippen molar-refractivity contribution < 1.29 is 9.21 Å². The van der Waals surface area contributed by atoms with E-state index in [0.717, 1.165) is 24.5 Å². The van der Waals surface area contributed by atoms with Gasteiger partial charge in [0.25, 0.3) is 0 Å². The van der Waals surface area contributed by atoms with E-state index in [1.54, 1.807) is 18.7 Å². The highest BCUT2D eigenvalue weighted by atomic mass is 16.3. The molecule has 1 aliphatic heterocycles. The molecule has 0 spiro atoms. The summed E-state index contributed by atoms with van der Waals surface area (Å²) in [6, 6.07) is 5.40. The van der Waals surface area contributed by atoms with Crippen LogP contribution in [0.1, 0.15) is 24.8 Å². The molecule has 2 aromatic heterocycles. The second-order valence-electron chi connectivity index (χ2n) is 5.39. The SMILES string of the molecule is O=C(NCc1ccoc1)Nc1ccc(N2CCCCC2)nc1. The number of carbonyl (C=O) groups is 1. The second-order valence-corrected chi connectivity index (χ2v) is 5.39. The molecule has 22 heavy (non-hydrogen) atoms. The molecule has 0 aromatic carbocycles. The summed E-state index contributed by atoms with van der Waals surface area (Å²) < 4.78 is 4.95. The van der Waals surface area contributed by atoms with Crippen molar-refractivity contribution in [1.29, 1.82) is 0 Å². The molecule has 1 fully saturated rings. The van der Waals surface area contributed by atoms with Crippen molar-refractivity contribution in [3.8, 4) is 0 Å². The zero-order valence-electron chi connectivity index (χ0n) is 12.4. The van der Waals surface area contributed by atoms with Crippen molar-refractivity contribution in [1.82, 2.24) is 10.3 Å². The normalized spacial score (nSPS) is 14.6. The van der Waals surface area contributed by atoms with Gasteiger partial charge in [0.05, 0.1) is 24.4 Å². The maximum absolute atomic E-state index is 11.8. The lowest BCUT2D eigenvalue weighted by Gasteiger charge is -2.27. The molecule has 0 bridgehead atoms. The molecule has 3 rings (SSSR count). The van der Waals surface area contributed by atoms with Gasteiger partial charge >= 0.3 is 6.03 Å². The Morgan fingerprint density at radius 1 is 1.23 bits per heavy atom. The molecular formula is C16H20N4O2. The molecule has 3 heterocycles. The Morgan fingerprint density at radius 3 is 2.77 bits per heavy atom. The van der Waals surface area contributed by atoms with Crippen LogP contribution < -0.4 is 15.5 Å². The van der Waals surface area contributed by atoms with Crippen molar-refractivity contribution in [3.05, 3.63) is 42.5 Å². The summed E-state index contributed by atoms with van der Waals surface area (Å²) >= 11 is 0. The average molecular weight is 300 g/mol. The monoisotopic (exact) mass is 300 g/mol. The first kappa shape index (κ1) is 14.4. The lowest BCUT2D eigenvalue weighted by Crippen LogP contribution is -2.30. The van der Waals surface area contributed by atoms with Gasteiger partial charge in [-0.1, -0.05) is 0 Å². The van der Waals surface area contributed by atoms with Gasteiger partial charge in [-0.05, 0) is 37.5 Å². The topological polar surface area (TPSA) is 70.4 Å². The van der Waals surface area contributed by atoms with Gasteiger partial charge in [-0.3, -0.25) is 0 Å².